The van der Waals surface area contributed by atoms with Gasteiger partial charge in [-0.3, -0.25) is 10.1 Å². The van der Waals surface area contributed by atoms with Gasteiger partial charge in [0.25, 0.3) is 5.69 Å². The molecule has 1 atom stereocenters. The number of fused-ring (bicyclic) bond motifs is 1. The Morgan fingerprint density at radius 2 is 2.11 bits per heavy atom. The molecule has 0 saturated carbocycles. The van der Waals surface area contributed by atoms with Crippen LogP contribution in [0.3, 0.4) is 0 Å². The number of aromatic nitrogens is 1. The van der Waals surface area contributed by atoms with Crippen molar-refractivity contribution in [2.75, 3.05) is 25.0 Å². The number of thiocarbonyl (C=S) groups is 1. The Balaban J connectivity index is 1.93. The number of hydroxylamine groups is 2. The summed E-state index contributed by atoms with van der Waals surface area (Å²) in [5, 5.41) is 27.3. The highest BCUT2D eigenvalue weighted by Crippen LogP contribution is 2.33. The van der Waals surface area contributed by atoms with Crippen LogP contribution in [0.25, 0.3) is 11.1 Å². The molecule has 146 valence electrons. The van der Waals surface area contributed by atoms with Crippen molar-refractivity contribution in [2.24, 2.45) is 0 Å². The molecule has 1 aromatic heterocycles. The van der Waals surface area contributed by atoms with Crippen LogP contribution >= 0.6 is 12.2 Å². The summed E-state index contributed by atoms with van der Waals surface area (Å²) in [6.45, 7) is 8.90. The summed E-state index contributed by atoms with van der Waals surface area (Å²) < 4.78 is 5.70. The van der Waals surface area contributed by atoms with Gasteiger partial charge in [-0.15, -0.1) is 0 Å². The third-order valence-corrected chi connectivity index (χ3v) is 4.77. The monoisotopic (exact) mass is 392 g/mol. The number of anilines is 1. The van der Waals surface area contributed by atoms with Gasteiger partial charge >= 0.3 is 0 Å². The molecule has 1 unspecified atom stereocenters. The number of rotatable bonds is 2. The Bertz CT molecular complexity index is 891. The van der Waals surface area contributed by atoms with Crippen LogP contribution in [-0.2, 0) is 5.41 Å². The van der Waals surface area contributed by atoms with Crippen molar-refractivity contribution in [2.45, 2.75) is 39.2 Å². The predicted octanol–water partition coefficient (Wildman–Crippen LogP) is 3.23. The quantitative estimate of drug-likeness (QED) is 0.468. The predicted molar refractivity (Wildman–Crippen MR) is 107 cm³/mol. The van der Waals surface area contributed by atoms with Gasteiger partial charge in [0, 0.05) is 31.1 Å². The molecule has 1 aliphatic rings. The summed E-state index contributed by atoms with van der Waals surface area (Å²) in [4.78, 5) is 17.4. The molecular formula is C17H22N5O4S-. The molecule has 2 aromatic rings. The first-order valence-corrected chi connectivity index (χ1v) is 9.06. The second-order valence-electron chi connectivity index (χ2n) is 7.72. The zero-order chi connectivity index (χ0) is 19.9. The molecule has 1 fully saturated rings. The molecule has 3 rings (SSSR count). The number of nitrogens with zero attached hydrogens (tertiary/aromatic N) is 4. The maximum absolute atomic E-state index is 11.5. The van der Waals surface area contributed by atoms with E-state index in [1.54, 1.807) is 6.07 Å². The molecule has 27 heavy (non-hydrogen) atoms. The van der Waals surface area contributed by atoms with Crippen LogP contribution in [0.5, 0.6) is 0 Å². The molecule has 1 aliphatic heterocycles. The first-order valence-electron chi connectivity index (χ1n) is 8.65. The second kappa shape index (κ2) is 7.02. The molecule has 0 bridgehead atoms. The van der Waals surface area contributed by atoms with Crippen LogP contribution in [0.1, 0.15) is 33.6 Å². The van der Waals surface area contributed by atoms with Gasteiger partial charge < -0.3 is 24.9 Å². The van der Waals surface area contributed by atoms with Gasteiger partial charge in [-0.25, -0.2) is 4.98 Å². The largest absolute Gasteiger partial charge is 0.785 e. The number of nitrogens with one attached hydrogen (secondary N) is 1. The molecule has 0 radical (unpaired) electrons. The summed E-state index contributed by atoms with van der Waals surface area (Å²) in [7, 11) is 0. The van der Waals surface area contributed by atoms with E-state index in [4.69, 9.17) is 16.6 Å². The van der Waals surface area contributed by atoms with E-state index in [2.05, 4.69) is 10.3 Å². The number of nitro groups is 1. The summed E-state index contributed by atoms with van der Waals surface area (Å²) in [6, 6.07) is 2.85. The minimum atomic E-state index is -0.483. The molecule has 9 nitrogen and oxygen atoms in total. The first-order chi connectivity index (χ1) is 12.6. The van der Waals surface area contributed by atoms with Gasteiger partial charge in [0.2, 0.25) is 5.89 Å². The third-order valence-electron chi connectivity index (χ3n) is 4.44. The zero-order valence-electron chi connectivity index (χ0n) is 15.7. The molecule has 0 amide bonds. The maximum atomic E-state index is 11.5. The highest BCUT2D eigenvalue weighted by Gasteiger charge is 2.26. The average Bonchev–Trinajstić information content (AvgIpc) is 2.97. The Morgan fingerprint density at radius 3 is 2.70 bits per heavy atom. The summed E-state index contributed by atoms with van der Waals surface area (Å²) in [6.07, 6.45) is 0. The lowest BCUT2D eigenvalue weighted by Crippen LogP contribution is -2.53. The number of hydrogen-bond acceptors (Lipinski definition) is 7. The summed E-state index contributed by atoms with van der Waals surface area (Å²) in [5.41, 5.74) is 0.675. The molecule has 0 spiro atoms. The smallest absolute Gasteiger partial charge is 0.296 e. The lowest BCUT2D eigenvalue weighted by molar-refractivity contribution is -0.383. The minimum absolute atomic E-state index is 0.0846. The van der Waals surface area contributed by atoms with Gasteiger partial charge in [0.1, 0.15) is 11.2 Å². The van der Waals surface area contributed by atoms with Crippen LogP contribution in [0.2, 0.25) is 0 Å². The van der Waals surface area contributed by atoms with Crippen LogP contribution < -0.4 is 5.32 Å². The second-order valence-corrected chi connectivity index (χ2v) is 8.11. The van der Waals surface area contributed by atoms with Gasteiger partial charge in [0.05, 0.1) is 11.0 Å². The van der Waals surface area contributed by atoms with Crippen molar-refractivity contribution in [1.29, 1.82) is 0 Å². The van der Waals surface area contributed by atoms with E-state index in [0.717, 1.165) is 5.06 Å². The third kappa shape index (κ3) is 4.02. The number of nitro benzene ring substituents is 1. The topological polar surface area (TPSA) is 111 Å². The van der Waals surface area contributed by atoms with Crippen LogP contribution in [0.15, 0.2) is 16.5 Å². The highest BCUT2D eigenvalue weighted by atomic mass is 32.1. The van der Waals surface area contributed by atoms with Gasteiger partial charge in [-0.05, 0) is 25.2 Å². The fourth-order valence-corrected chi connectivity index (χ4v) is 3.33. The van der Waals surface area contributed by atoms with E-state index >= 15 is 0 Å². The Kier molecular flexibility index (Phi) is 5.06. The van der Waals surface area contributed by atoms with Crippen molar-refractivity contribution in [1.82, 2.24) is 14.9 Å². The van der Waals surface area contributed by atoms with Crippen LogP contribution in [0, 0.1) is 15.3 Å². The zero-order valence-corrected chi connectivity index (χ0v) is 16.5. The van der Waals surface area contributed by atoms with Crippen molar-refractivity contribution < 1.29 is 9.34 Å². The average molecular weight is 392 g/mol. The van der Waals surface area contributed by atoms with Gasteiger partial charge in [-0.2, -0.15) is 0 Å². The normalized spacial score (nSPS) is 18.7. The fourth-order valence-electron chi connectivity index (χ4n) is 2.95. The summed E-state index contributed by atoms with van der Waals surface area (Å²) >= 11 is 5.43. The number of piperazine rings is 1. The van der Waals surface area contributed by atoms with E-state index in [0.29, 0.717) is 41.7 Å². The van der Waals surface area contributed by atoms with Crippen LogP contribution in [-0.4, -0.2) is 50.7 Å². The van der Waals surface area contributed by atoms with E-state index in [1.807, 2.05) is 32.6 Å². The van der Waals surface area contributed by atoms with E-state index < -0.39 is 4.92 Å². The Labute approximate surface area is 162 Å². The molecule has 1 saturated heterocycles. The van der Waals surface area contributed by atoms with E-state index in [1.165, 1.54) is 6.07 Å². The lowest BCUT2D eigenvalue weighted by Gasteiger charge is -2.44. The van der Waals surface area contributed by atoms with Crippen molar-refractivity contribution >= 4 is 39.8 Å². The Morgan fingerprint density at radius 1 is 1.41 bits per heavy atom. The molecule has 0 aliphatic carbocycles. The van der Waals surface area contributed by atoms with Crippen molar-refractivity contribution in [3.05, 3.63) is 33.3 Å². The van der Waals surface area contributed by atoms with Gasteiger partial charge in [0.15, 0.2) is 10.7 Å². The fraction of sp³-hybridized carbons (Fsp3) is 0.529. The first kappa shape index (κ1) is 19.5. The SMILES string of the molecule is CC1CN([O-])CCN1C(=S)Nc1cc2nc(C(C)(C)C)oc2cc1[N+](=O)[O-]. The molecule has 2 heterocycles. The van der Waals surface area contributed by atoms with E-state index in [-0.39, 0.29) is 22.8 Å². The van der Waals surface area contributed by atoms with Crippen molar-refractivity contribution in [3.8, 4) is 0 Å². The number of oxazole rings is 1. The number of hydrogen-bond donors (Lipinski definition) is 1. The maximum Gasteiger partial charge on any atom is 0.296 e. The van der Waals surface area contributed by atoms with E-state index in [9.17, 15) is 15.3 Å². The highest BCUT2D eigenvalue weighted by molar-refractivity contribution is 7.80. The lowest BCUT2D eigenvalue weighted by atomic mass is 9.97. The molecule has 10 heteroatoms. The molecular weight excluding hydrogens is 370 g/mol. The van der Waals surface area contributed by atoms with Crippen LogP contribution in [0.4, 0.5) is 11.4 Å². The minimum Gasteiger partial charge on any atom is -0.785 e. The summed E-state index contributed by atoms with van der Waals surface area (Å²) in [5.74, 6) is 0.506. The standard InChI is InChI=1S/C17H22N5O4S/c1-10-9-20(23)5-6-21(10)16(27)19-11-7-12-14(8-13(11)22(24)25)26-15(18-12)17(2,3)4/h7-8,10H,5-6,9H2,1-4H3,(H,19,27)/q-1. The molecule has 1 N–H and O–H groups in total. The Hall–Kier alpha value is -2.30. The van der Waals surface area contributed by atoms with Gasteiger partial charge in [-0.1, -0.05) is 20.8 Å². The number of benzene rings is 1. The van der Waals surface area contributed by atoms with Crippen molar-refractivity contribution in [3.63, 3.8) is 0 Å². The molecule has 1 aromatic carbocycles.